The first-order valence-corrected chi connectivity index (χ1v) is 8.62. The van der Waals surface area contributed by atoms with Crippen molar-refractivity contribution in [2.75, 3.05) is 20.3 Å². The molecule has 5 heteroatoms. The van der Waals surface area contributed by atoms with Crippen molar-refractivity contribution in [3.05, 3.63) is 46.5 Å². The molecule has 0 amide bonds. The Morgan fingerprint density at radius 3 is 2.16 bits per heavy atom. The molecular weight excluding hydrogens is 320 g/mol. The molecule has 1 saturated carbocycles. The lowest BCUT2D eigenvalue weighted by Gasteiger charge is -2.31. The predicted molar refractivity (Wildman–Crippen MR) is 92.1 cm³/mol. The highest BCUT2D eigenvalue weighted by molar-refractivity contribution is 6.03. The molecule has 0 aliphatic heterocycles. The smallest absolute Gasteiger partial charge is 0.339 e. The molecule has 3 rings (SSSR count). The van der Waals surface area contributed by atoms with E-state index in [-0.39, 0.29) is 36.2 Å². The molecule has 2 bridgehead atoms. The number of hydrogen-bond donors (Lipinski definition) is 1. The van der Waals surface area contributed by atoms with Crippen molar-refractivity contribution >= 4 is 11.9 Å². The Hall–Kier alpha value is -2.14. The van der Waals surface area contributed by atoms with Crippen molar-refractivity contribution < 1.29 is 24.2 Å². The summed E-state index contributed by atoms with van der Waals surface area (Å²) in [6.07, 6.45) is 1.03. The highest BCUT2D eigenvalue weighted by atomic mass is 16.5. The van der Waals surface area contributed by atoms with Gasteiger partial charge in [-0.3, -0.25) is 0 Å². The van der Waals surface area contributed by atoms with Crippen LogP contribution in [0.5, 0.6) is 0 Å². The molecule has 1 N–H and O–H groups in total. The third-order valence-corrected chi connectivity index (χ3v) is 6.00. The number of carbonyl (C=O) groups excluding carboxylic acids is 2. The highest BCUT2D eigenvalue weighted by Crippen LogP contribution is 2.54. The molecule has 134 valence electrons. The Balaban J connectivity index is 1.73. The van der Waals surface area contributed by atoms with Gasteiger partial charge >= 0.3 is 11.9 Å². The van der Waals surface area contributed by atoms with Crippen LogP contribution in [0.15, 0.2) is 35.4 Å². The van der Waals surface area contributed by atoms with Crippen LogP contribution in [0, 0.1) is 23.7 Å². The molecule has 0 unspecified atom stereocenters. The number of methoxy groups -OCH3 is 1. The summed E-state index contributed by atoms with van der Waals surface area (Å²) < 4.78 is 10.3. The molecule has 2 aliphatic carbocycles. The average molecular weight is 344 g/mol. The van der Waals surface area contributed by atoms with Crippen LogP contribution in [-0.4, -0.2) is 37.4 Å². The van der Waals surface area contributed by atoms with Crippen LogP contribution in [0.3, 0.4) is 0 Å². The summed E-state index contributed by atoms with van der Waals surface area (Å²) in [5, 5.41) is 9.77. The van der Waals surface area contributed by atoms with Crippen LogP contribution in [0.1, 0.15) is 41.0 Å². The molecule has 1 aromatic rings. The number of rotatable bonds is 5. The number of benzene rings is 1. The second-order valence-corrected chi connectivity index (χ2v) is 6.96. The van der Waals surface area contributed by atoms with E-state index in [1.807, 2.05) is 0 Å². The van der Waals surface area contributed by atoms with E-state index < -0.39 is 11.9 Å². The molecule has 5 nitrogen and oxygen atoms in total. The third-order valence-electron chi connectivity index (χ3n) is 6.00. The lowest BCUT2D eigenvalue weighted by Crippen LogP contribution is -2.31. The van der Waals surface area contributed by atoms with E-state index in [4.69, 9.17) is 9.47 Å². The minimum atomic E-state index is -0.560. The lowest BCUT2D eigenvalue weighted by molar-refractivity contribution is 0.0310. The van der Waals surface area contributed by atoms with Crippen LogP contribution in [-0.2, 0) is 9.47 Å². The van der Waals surface area contributed by atoms with Crippen LogP contribution in [0.2, 0.25) is 0 Å². The Morgan fingerprint density at radius 1 is 1.04 bits per heavy atom. The van der Waals surface area contributed by atoms with E-state index in [1.165, 1.54) is 18.3 Å². The molecule has 25 heavy (non-hydrogen) atoms. The summed E-state index contributed by atoms with van der Waals surface area (Å²) in [6, 6.07) is 6.48. The summed E-state index contributed by atoms with van der Waals surface area (Å²) in [7, 11) is 1.28. The van der Waals surface area contributed by atoms with Crippen molar-refractivity contribution in [1.82, 2.24) is 0 Å². The maximum Gasteiger partial charge on any atom is 0.339 e. The van der Waals surface area contributed by atoms with Gasteiger partial charge in [0.1, 0.15) is 0 Å². The zero-order chi connectivity index (χ0) is 18.1. The molecule has 4 atom stereocenters. The number of ether oxygens (including phenoxy) is 2. The third kappa shape index (κ3) is 2.97. The fourth-order valence-corrected chi connectivity index (χ4v) is 4.50. The number of fused-ring (bicyclic) bond motifs is 2. The number of esters is 2. The minimum Gasteiger partial charge on any atom is -0.465 e. The first kappa shape index (κ1) is 17.7. The molecular formula is C20H24O5. The molecule has 0 saturated heterocycles. The molecule has 2 aliphatic rings. The van der Waals surface area contributed by atoms with Crippen molar-refractivity contribution in [2.45, 2.75) is 20.3 Å². The van der Waals surface area contributed by atoms with Gasteiger partial charge in [-0.25, -0.2) is 9.59 Å². The number of allylic oxidation sites excluding steroid dienone is 2. The van der Waals surface area contributed by atoms with E-state index >= 15 is 0 Å². The molecule has 0 aromatic heterocycles. The Kier molecular flexibility index (Phi) is 4.95. The van der Waals surface area contributed by atoms with Gasteiger partial charge in [0.05, 0.1) is 24.8 Å². The quantitative estimate of drug-likeness (QED) is 0.657. The summed E-state index contributed by atoms with van der Waals surface area (Å²) in [6.45, 7) is 4.63. The normalized spacial score (nSPS) is 27.5. The Morgan fingerprint density at radius 2 is 1.60 bits per heavy atom. The van der Waals surface area contributed by atoms with Crippen molar-refractivity contribution in [2.24, 2.45) is 23.7 Å². The summed E-state index contributed by atoms with van der Waals surface area (Å²) in [4.78, 5) is 24.3. The average Bonchev–Trinajstić information content (AvgIpc) is 3.14. The summed E-state index contributed by atoms with van der Waals surface area (Å²) in [5.41, 5.74) is 3.16. The predicted octanol–water partition coefficient (Wildman–Crippen LogP) is 2.84. The van der Waals surface area contributed by atoms with Gasteiger partial charge in [0.2, 0.25) is 0 Å². The highest BCUT2D eigenvalue weighted by Gasteiger charge is 2.49. The van der Waals surface area contributed by atoms with Gasteiger partial charge in [-0.2, -0.15) is 0 Å². The summed E-state index contributed by atoms with van der Waals surface area (Å²) in [5.74, 6) is -0.0638. The monoisotopic (exact) mass is 344 g/mol. The number of hydrogen-bond acceptors (Lipinski definition) is 5. The molecule has 0 heterocycles. The van der Waals surface area contributed by atoms with Gasteiger partial charge in [-0.1, -0.05) is 23.3 Å². The SMILES string of the molecule is COC(=O)c1ccccc1C(=O)OC[C@@H]1[C@H](CO)[C@H]2C[C@@H]1C(C)=C2C. The fraction of sp³-hybridized carbons (Fsp3) is 0.500. The van der Waals surface area contributed by atoms with Gasteiger partial charge in [0, 0.05) is 12.5 Å². The van der Waals surface area contributed by atoms with E-state index in [2.05, 4.69) is 13.8 Å². The molecule has 1 fully saturated rings. The zero-order valence-electron chi connectivity index (χ0n) is 14.8. The summed E-state index contributed by atoms with van der Waals surface area (Å²) >= 11 is 0. The largest absolute Gasteiger partial charge is 0.465 e. The van der Waals surface area contributed by atoms with Crippen LogP contribution in [0.4, 0.5) is 0 Å². The maximum atomic E-state index is 12.5. The first-order valence-electron chi connectivity index (χ1n) is 8.62. The number of carbonyl (C=O) groups is 2. The van der Waals surface area contributed by atoms with Gasteiger partial charge in [0.25, 0.3) is 0 Å². The second kappa shape index (κ2) is 7.00. The van der Waals surface area contributed by atoms with Gasteiger partial charge < -0.3 is 14.6 Å². The van der Waals surface area contributed by atoms with Gasteiger partial charge in [0.15, 0.2) is 0 Å². The minimum absolute atomic E-state index is 0.104. The van der Waals surface area contributed by atoms with Gasteiger partial charge in [-0.05, 0) is 50.2 Å². The number of aliphatic hydroxyl groups excluding tert-OH is 1. The van der Waals surface area contributed by atoms with Crippen LogP contribution in [0.25, 0.3) is 0 Å². The van der Waals surface area contributed by atoms with E-state index in [0.717, 1.165) is 6.42 Å². The first-order chi connectivity index (χ1) is 12.0. The lowest BCUT2D eigenvalue weighted by atomic mass is 9.77. The van der Waals surface area contributed by atoms with E-state index in [1.54, 1.807) is 24.3 Å². The maximum absolute atomic E-state index is 12.5. The second-order valence-electron chi connectivity index (χ2n) is 6.96. The molecule has 0 spiro atoms. The fourth-order valence-electron chi connectivity index (χ4n) is 4.50. The van der Waals surface area contributed by atoms with E-state index in [9.17, 15) is 14.7 Å². The zero-order valence-corrected chi connectivity index (χ0v) is 14.8. The van der Waals surface area contributed by atoms with Crippen molar-refractivity contribution in [3.8, 4) is 0 Å². The standard InChI is InChI=1S/C20H24O5/c1-11-12(2)16-8-15(11)17(9-21)18(16)10-25-20(23)14-7-5-4-6-13(14)19(22)24-3/h4-7,15-18,21H,8-10H2,1-3H3/t15-,16+,17+,18-/m0/s1. The van der Waals surface area contributed by atoms with Gasteiger partial charge in [-0.15, -0.1) is 0 Å². The van der Waals surface area contributed by atoms with Crippen LogP contribution < -0.4 is 0 Å². The van der Waals surface area contributed by atoms with E-state index in [0.29, 0.717) is 11.8 Å². The van der Waals surface area contributed by atoms with Crippen molar-refractivity contribution in [1.29, 1.82) is 0 Å². The van der Waals surface area contributed by atoms with Crippen LogP contribution >= 0.6 is 0 Å². The number of aliphatic hydroxyl groups is 1. The molecule has 0 radical (unpaired) electrons. The van der Waals surface area contributed by atoms with Crippen molar-refractivity contribution in [3.63, 3.8) is 0 Å². The molecule has 1 aromatic carbocycles. The Bertz CT molecular complexity index is 721. The topological polar surface area (TPSA) is 72.8 Å². The Labute approximate surface area is 147 Å².